The number of benzene rings is 3. The molecule has 0 radical (unpaired) electrons. The molecule has 3 aromatic heterocycles. The minimum atomic E-state index is 0.236. The Kier molecular flexibility index (Phi) is 3.76. The second-order valence-corrected chi connectivity index (χ2v) is 8.13. The number of furan rings is 2. The number of carbonyl (C=O) groups is 2. The summed E-state index contributed by atoms with van der Waals surface area (Å²) in [5.74, 6) is 1.52. The fourth-order valence-corrected chi connectivity index (χ4v) is 4.77. The normalized spacial score (nSPS) is 11.8. The van der Waals surface area contributed by atoms with Crippen LogP contribution in [0, 0.1) is 0 Å². The molecule has 7 rings (SSSR count). The van der Waals surface area contributed by atoms with Gasteiger partial charge in [-0.15, -0.1) is 0 Å². The smallest absolute Gasteiger partial charge is 0.185 e. The third-order valence-corrected chi connectivity index (χ3v) is 6.25. The molecule has 3 aromatic carbocycles. The van der Waals surface area contributed by atoms with Crippen LogP contribution in [0.3, 0.4) is 0 Å². The van der Waals surface area contributed by atoms with E-state index in [9.17, 15) is 9.59 Å². The number of fused-ring (bicyclic) bond motifs is 4. The van der Waals surface area contributed by atoms with Crippen molar-refractivity contribution in [2.75, 3.05) is 0 Å². The van der Waals surface area contributed by atoms with Crippen LogP contribution in [-0.2, 0) is 0 Å². The molecule has 34 heavy (non-hydrogen) atoms. The lowest BCUT2D eigenvalue weighted by Crippen LogP contribution is -1.95. The lowest BCUT2D eigenvalue weighted by molar-refractivity contribution is 0.109. The summed E-state index contributed by atoms with van der Waals surface area (Å²) in [6.45, 7) is 0. The van der Waals surface area contributed by atoms with Gasteiger partial charge in [-0.3, -0.25) is 9.59 Å². The molecule has 0 aliphatic heterocycles. The second kappa shape index (κ2) is 6.83. The predicted molar refractivity (Wildman–Crippen MR) is 128 cm³/mol. The van der Waals surface area contributed by atoms with Crippen LogP contribution in [0.4, 0.5) is 0 Å². The zero-order chi connectivity index (χ0) is 22.8. The lowest BCUT2D eigenvalue weighted by Gasteiger charge is -2.10. The summed E-state index contributed by atoms with van der Waals surface area (Å²) in [5, 5.41) is 2.25. The fourth-order valence-electron chi connectivity index (χ4n) is 4.77. The Labute approximate surface area is 192 Å². The first-order chi connectivity index (χ1) is 16.7. The van der Waals surface area contributed by atoms with E-state index in [1.54, 1.807) is 24.3 Å². The Morgan fingerprint density at radius 1 is 0.559 bits per heavy atom. The molecule has 1 aliphatic rings. The van der Waals surface area contributed by atoms with Crippen molar-refractivity contribution in [3.8, 4) is 45.2 Å². The van der Waals surface area contributed by atoms with Gasteiger partial charge in [0, 0.05) is 27.6 Å². The van der Waals surface area contributed by atoms with Gasteiger partial charge in [0.25, 0.3) is 0 Å². The standard InChI is InChI=1S/C28H14N2O4/c31-13-16-7-11-22(33-16)18-9-10-19(23-12-8-17(14-32)34-23)26-25(18)29-27-20-5-1-3-15-4-2-6-21(24(15)20)28(27)30-26/h1-14H. The summed E-state index contributed by atoms with van der Waals surface area (Å²) in [6.07, 6.45) is 1.34. The van der Waals surface area contributed by atoms with E-state index < -0.39 is 0 Å². The molecule has 6 aromatic rings. The molecule has 0 saturated heterocycles. The monoisotopic (exact) mass is 442 g/mol. The maximum Gasteiger partial charge on any atom is 0.185 e. The first-order valence-electron chi connectivity index (χ1n) is 10.7. The fraction of sp³-hybridized carbons (Fsp3) is 0. The summed E-state index contributed by atoms with van der Waals surface area (Å²) in [6, 6.07) is 22.8. The van der Waals surface area contributed by atoms with Gasteiger partial charge >= 0.3 is 0 Å². The van der Waals surface area contributed by atoms with Crippen LogP contribution in [0.2, 0.25) is 0 Å². The third kappa shape index (κ3) is 2.50. The molecule has 0 N–H and O–H groups in total. The average Bonchev–Trinajstić information content (AvgIpc) is 3.62. The van der Waals surface area contributed by atoms with Crippen molar-refractivity contribution in [1.29, 1.82) is 0 Å². The number of aldehydes is 2. The quantitative estimate of drug-likeness (QED) is 0.286. The molecular weight excluding hydrogens is 428 g/mol. The van der Waals surface area contributed by atoms with Crippen molar-refractivity contribution >= 4 is 34.4 Å². The van der Waals surface area contributed by atoms with Crippen molar-refractivity contribution < 1.29 is 18.4 Å². The van der Waals surface area contributed by atoms with Crippen LogP contribution in [0.15, 0.2) is 81.6 Å². The predicted octanol–water partition coefficient (Wildman–Crippen LogP) is 6.58. The van der Waals surface area contributed by atoms with E-state index in [0.717, 1.165) is 33.3 Å². The molecule has 0 bridgehead atoms. The average molecular weight is 442 g/mol. The second-order valence-electron chi connectivity index (χ2n) is 8.13. The summed E-state index contributed by atoms with van der Waals surface area (Å²) < 4.78 is 11.5. The molecule has 1 aliphatic carbocycles. The zero-order valence-electron chi connectivity index (χ0n) is 17.6. The lowest BCUT2D eigenvalue weighted by atomic mass is 10.0. The number of aromatic nitrogens is 2. The van der Waals surface area contributed by atoms with Crippen molar-refractivity contribution in [3.05, 3.63) is 84.3 Å². The topological polar surface area (TPSA) is 86.2 Å². The minimum Gasteiger partial charge on any atom is -0.453 e. The number of carbonyl (C=O) groups excluding carboxylic acids is 2. The van der Waals surface area contributed by atoms with E-state index >= 15 is 0 Å². The van der Waals surface area contributed by atoms with Gasteiger partial charge in [-0.05, 0) is 41.8 Å². The van der Waals surface area contributed by atoms with Crippen molar-refractivity contribution in [2.45, 2.75) is 0 Å². The summed E-state index contributed by atoms with van der Waals surface area (Å²) >= 11 is 0. The Balaban J connectivity index is 1.58. The van der Waals surface area contributed by atoms with Crippen molar-refractivity contribution in [2.24, 2.45) is 0 Å². The van der Waals surface area contributed by atoms with E-state index in [-0.39, 0.29) is 11.5 Å². The van der Waals surface area contributed by atoms with Crippen LogP contribution in [0.5, 0.6) is 0 Å². The van der Waals surface area contributed by atoms with Crippen LogP contribution in [0.25, 0.3) is 67.0 Å². The van der Waals surface area contributed by atoms with E-state index in [0.29, 0.717) is 46.3 Å². The van der Waals surface area contributed by atoms with Gasteiger partial charge in [0.2, 0.25) is 0 Å². The van der Waals surface area contributed by atoms with E-state index in [4.69, 9.17) is 18.8 Å². The van der Waals surface area contributed by atoms with Gasteiger partial charge in [-0.25, -0.2) is 9.97 Å². The van der Waals surface area contributed by atoms with Crippen LogP contribution in [-0.4, -0.2) is 22.5 Å². The maximum atomic E-state index is 11.2. The number of hydrogen-bond donors (Lipinski definition) is 0. The molecule has 0 fully saturated rings. The van der Waals surface area contributed by atoms with Gasteiger partial charge in [0.05, 0.1) is 11.4 Å². The highest BCUT2D eigenvalue weighted by molar-refractivity contribution is 6.15. The highest BCUT2D eigenvalue weighted by atomic mass is 16.4. The first kappa shape index (κ1) is 18.7. The highest BCUT2D eigenvalue weighted by Crippen LogP contribution is 2.47. The van der Waals surface area contributed by atoms with E-state index in [2.05, 4.69) is 24.3 Å². The number of rotatable bonds is 4. The SMILES string of the molecule is O=Cc1ccc(-c2ccc(-c3ccc(C=O)o3)c3nc4c(nc23)-c2cccc3cccc-4c23)o1. The number of nitrogens with zero attached hydrogens (tertiary/aromatic N) is 2. The Hall–Kier alpha value is -4.84. The van der Waals surface area contributed by atoms with Crippen LogP contribution < -0.4 is 0 Å². The summed E-state index contributed by atoms with van der Waals surface area (Å²) in [4.78, 5) is 32.6. The van der Waals surface area contributed by atoms with Gasteiger partial charge in [-0.2, -0.15) is 0 Å². The molecule has 6 heteroatoms. The largest absolute Gasteiger partial charge is 0.453 e. The molecule has 0 atom stereocenters. The molecule has 6 nitrogen and oxygen atoms in total. The van der Waals surface area contributed by atoms with Crippen LogP contribution >= 0.6 is 0 Å². The maximum absolute atomic E-state index is 11.2. The molecule has 0 saturated carbocycles. The molecular formula is C28H14N2O4. The van der Waals surface area contributed by atoms with Crippen molar-refractivity contribution in [3.63, 3.8) is 0 Å². The summed E-state index contributed by atoms with van der Waals surface area (Å²) in [5.41, 5.74) is 6.33. The Morgan fingerprint density at radius 3 is 1.50 bits per heavy atom. The molecule has 3 heterocycles. The van der Waals surface area contributed by atoms with E-state index in [1.165, 1.54) is 0 Å². The summed E-state index contributed by atoms with van der Waals surface area (Å²) in [7, 11) is 0. The molecule has 0 spiro atoms. The zero-order valence-corrected chi connectivity index (χ0v) is 17.6. The Bertz CT molecular complexity index is 1680. The van der Waals surface area contributed by atoms with Gasteiger partial charge < -0.3 is 8.83 Å². The number of hydrogen-bond acceptors (Lipinski definition) is 6. The van der Waals surface area contributed by atoms with Crippen LogP contribution in [0.1, 0.15) is 21.1 Å². The molecule has 0 unspecified atom stereocenters. The molecule has 0 amide bonds. The highest BCUT2D eigenvalue weighted by Gasteiger charge is 2.27. The third-order valence-electron chi connectivity index (χ3n) is 6.25. The first-order valence-corrected chi connectivity index (χ1v) is 10.7. The van der Waals surface area contributed by atoms with Crippen molar-refractivity contribution in [1.82, 2.24) is 9.97 Å². The minimum absolute atomic E-state index is 0.236. The van der Waals surface area contributed by atoms with Gasteiger partial charge in [0.15, 0.2) is 24.1 Å². The molecule has 160 valence electrons. The Morgan fingerprint density at radius 2 is 1.06 bits per heavy atom. The van der Waals surface area contributed by atoms with E-state index in [1.807, 2.05) is 24.3 Å². The van der Waals surface area contributed by atoms with Gasteiger partial charge in [0.1, 0.15) is 22.6 Å². The van der Waals surface area contributed by atoms with Gasteiger partial charge in [-0.1, -0.05) is 36.4 Å².